The molecule has 3 rings (SSSR count). The van der Waals surface area contributed by atoms with E-state index in [1.807, 2.05) is 0 Å². The zero-order valence-corrected chi connectivity index (χ0v) is 18.7. The monoisotopic (exact) mass is 469 g/mol. The number of aliphatic hydroxyl groups is 1. The Kier molecular flexibility index (Phi) is 6.70. The van der Waals surface area contributed by atoms with Crippen LogP contribution in [0, 0.1) is 17.2 Å². The van der Waals surface area contributed by atoms with E-state index in [1.165, 1.54) is 47.0 Å². The lowest BCUT2D eigenvalue weighted by Gasteiger charge is -2.50. The van der Waals surface area contributed by atoms with Gasteiger partial charge in [0.25, 0.3) is 5.56 Å². The first kappa shape index (κ1) is 24.9. The number of hydrogen-bond acceptors (Lipinski definition) is 4. The van der Waals surface area contributed by atoms with Gasteiger partial charge in [0.15, 0.2) is 0 Å². The number of likely N-dealkylation sites (tertiary alicyclic amines) is 1. The minimum atomic E-state index is -4.44. The number of piperidine rings is 1. The van der Waals surface area contributed by atoms with E-state index in [-0.39, 0.29) is 37.3 Å². The van der Waals surface area contributed by atoms with E-state index in [0.717, 1.165) is 0 Å². The molecular formula is C23H27F4N3O3. The number of rotatable bonds is 5. The van der Waals surface area contributed by atoms with Gasteiger partial charge in [-0.2, -0.15) is 13.2 Å². The molecule has 1 aromatic carbocycles. The number of aromatic nitrogens is 2. The average Bonchev–Trinajstić information content (AvgIpc) is 2.70. The molecule has 2 aromatic rings. The molecule has 33 heavy (non-hydrogen) atoms. The van der Waals surface area contributed by atoms with Gasteiger partial charge in [0.05, 0.1) is 30.6 Å². The van der Waals surface area contributed by atoms with E-state index in [9.17, 15) is 32.3 Å². The molecule has 0 saturated carbocycles. The molecule has 1 amide bonds. The average molecular weight is 469 g/mol. The first-order valence-corrected chi connectivity index (χ1v) is 10.6. The van der Waals surface area contributed by atoms with E-state index < -0.39 is 46.8 Å². The van der Waals surface area contributed by atoms with Gasteiger partial charge >= 0.3 is 6.18 Å². The maximum Gasteiger partial charge on any atom is 0.389 e. The molecule has 1 aliphatic heterocycles. The summed E-state index contributed by atoms with van der Waals surface area (Å²) < 4.78 is 53.3. The van der Waals surface area contributed by atoms with Crippen LogP contribution in [0.2, 0.25) is 0 Å². The predicted molar refractivity (Wildman–Crippen MR) is 114 cm³/mol. The minimum Gasteiger partial charge on any atom is -0.387 e. The number of amides is 1. The molecule has 2 heterocycles. The summed E-state index contributed by atoms with van der Waals surface area (Å²) in [6, 6.07) is 7.11. The highest BCUT2D eigenvalue weighted by molar-refractivity contribution is 5.78. The Hall–Kier alpha value is -2.75. The third-order valence-electron chi connectivity index (χ3n) is 6.37. The number of alkyl halides is 3. The third kappa shape index (κ3) is 5.43. The van der Waals surface area contributed by atoms with Gasteiger partial charge in [0, 0.05) is 36.1 Å². The van der Waals surface area contributed by atoms with Crippen LogP contribution in [0.3, 0.4) is 0 Å². The molecule has 1 saturated heterocycles. The van der Waals surface area contributed by atoms with Crippen LogP contribution >= 0.6 is 0 Å². The molecule has 0 radical (unpaired) electrons. The molecular weight excluding hydrogens is 442 g/mol. The van der Waals surface area contributed by atoms with Gasteiger partial charge in [-0.3, -0.25) is 14.2 Å². The summed E-state index contributed by atoms with van der Waals surface area (Å²) in [5, 5.41) is 11.4. The fourth-order valence-corrected chi connectivity index (χ4v) is 4.23. The topological polar surface area (TPSA) is 75.4 Å². The number of hydrogen-bond donors (Lipinski definition) is 1. The summed E-state index contributed by atoms with van der Waals surface area (Å²) in [4.78, 5) is 30.7. The molecule has 1 N–H and O–H groups in total. The van der Waals surface area contributed by atoms with Gasteiger partial charge in [0.1, 0.15) is 5.82 Å². The summed E-state index contributed by atoms with van der Waals surface area (Å²) in [6.45, 7) is 4.63. The molecule has 180 valence electrons. The van der Waals surface area contributed by atoms with Crippen LogP contribution in [0.4, 0.5) is 17.6 Å². The van der Waals surface area contributed by atoms with Crippen molar-refractivity contribution in [3.63, 3.8) is 0 Å². The van der Waals surface area contributed by atoms with Crippen LogP contribution in [0.1, 0.15) is 33.6 Å². The van der Waals surface area contributed by atoms with Gasteiger partial charge in [-0.25, -0.2) is 9.37 Å². The van der Waals surface area contributed by atoms with Crippen molar-refractivity contribution in [1.29, 1.82) is 0 Å². The summed E-state index contributed by atoms with van der Waals surface area (Å²) in [7, 11) is 0. The van der Waals surface area contributed by atoms with E-state index in [0.29, 0.717) is 0 Å². The zero-order valence-electron chi connectivity index (χ0n) is 18.7. The molecule has 1 fully saturated rings. The van der Waals surface area contributed by atoms with E-state index >= 15 is 0 Å². The van der Waals surface area contributed by atoms with Crippen molar-refractivity contribution < 1.29 is 27.5 Å². The number of benzene rings is 1. The van der Waals surface area contributed by atoms with Crippen molar-refractivity contribution in [1.82, 2.24) is 14.5 Å². The van der Waals surface area contributed by atoms with Crippen LogP contribution in [0.15, 0.2) is 41.5 Å². The van der Waals surface area contributed by atoms with Crippen LogP contribution in [-0.2, 0) is 11.3 Å². The number of nitrogens with zero attached hydrogens (tertiary/aromatic N) is 3. The Morgan fingerprint density at radius 2 is 1.94 bits per heavy atom. The minimum absolute atomic E-state index is 0.0417. The van der Waals surface area contributed by atoms with Crippen molar-refractivity contribution in [3.05, 3.63) is 52.8 Å². The SMILES string of the molecule is CC(CC(F)(F)F)C(=O)N1CCC(O)(Cn2cnc(-c3ccccc3F)cc2=O)C(C)(C)C1. The highest BCUT2D eigenvalue weighted by Crippen LogP contribution is 2.40. The largest absolute Gasteiger partial charge is 0.389 e. The zero-order chi connectivity index (χ0) is 24.6. The fraction of sp³-hybridized carbons (Fsp3) is 0.522. The lowest BCUT2D eigenvalue weighted by atomic mass is 9.69. The summed E-state index contributed by atoms with van der Waals surface area (Å²) in [5.74, 6) is -2.35. The highest BCUT2D eigenvalue weighted by Gasteiger charge is 2.49. The summed E-state index contributed by atoms with van der Waals surface area (Å²) in [6.07, 6.45) is -4.33. The Morgan fingerprint density at radius 1 is 1.27 bits per heavy atom. The molecule has 2 atom stereocenters. The van der Waals surface area contributed by atoms with Crippen molar-refractivity contribution in [2.24, 2.45) is 11.3 Å². The van der Waals surface area contributed by atoms with E-state index in [2.05, 4.69) is 4.98 Å². The molecule has 0 aliphatic carbocycles. The lowest BCUT2D eigenvalue weighted by Crippen LogP contribution is -2.61. The number of halogens is 4. The lowest BCUT2D eigenvalue weighted by molar-refractivity contribution is -0.169. The first-order valence-electron chi connectivity index (χ1n) is 10.6. The van der Waals surface area contributed by atoms with E-state index in [1.54, 1.807) is 19.9 Å². The van der Waals surface area contributed by atoms with Gasteiger partial charge in [0.2, 0.25) is 5.91 Å². The van der Waals surface area contributed by atoms with Crippen molar-refractivity contribution in [2.45, 2.75) is 51.9 Å². The van der Waals surface area contributed by atoms with E-state index in [4.69, 9.17) is 0 Å². The Balaban J connectivity index is 1.76. The number of carbonyl (C=O) groups is 1. The number of carbonyl (C=O) groups excluding carboxylic acids is 1. The molecule has 1 aromatic heterocycles. The maximum absolute atomic E-state index is 14.0. The fourth-order valence-electron chi connectivity index (χ4n) is 4.23. The van der Waals surface area contributed by atoms with Crippen LogP contribution in [0.5, 0.6) is 0 Å². The van der Waals surface area contributed by atoms with Crippen LogP contribution < -0.4 is 5.56 Å². The molecule has 1 aliphatic rings. The molecule has 2 unspecified atom stereocenters. The second-order valence-electron chi connectivity index (χ2n) is 9.37. The normalized spacial score (nSPS) is 21.6. The molecule has 6 nitrogen and oxygen atoms in total. The van der Waals surface area contributed by atoms with Crippen molar-refractivity contribution in [2.75, 3.05) is 13.1 Å². The maximum atomic E-state index is 14.0. The molecule has 10 heteroatoms. The molecule has 0 bridgehead atoms. The smallest absolute Gasteiger partial charge is 0.387 e. The highest BCUT2D eigenvalue weighted by atomic mass is 19.4. The second-order valence-corrected chi connectivity index (χ2v) is 9.37. The summed E-state index contributed by atoms with van der Waals surface area (Å²) >= 11 is 0. The van der Waals surface area contributed by atoms with Crippen molar-refractivity contribution in [3.8, 4) is 11.3 Å². The van der Waals surface area contributed by atoms with Crippen LogP contribution in [-0.4, -0.2) is 50.3 Å². The van der Waals surface area contributed by atoms with Crippen molar-refractivity contribution >= 4 is 5.91 Å². The van der Waals surface area contributed by atoms with Gasteiger partial charge < -0.3 is 10.0 Å². The van der Waals surface area contributed by atoms with Gasteiger partial charge in [-0.15, -0.1) is 0 Å². The predicted octanol–water partition coefficient (Wildman–Crippen LogP) is 3.63. The standard InChI is InChI=1S/C23H27F4N3O3/c1-15(11-23(25,26)27)20(32)29-9-8-22(33,21(2,3)12-29)13-30-14-28-18(10-19(30)31)16-6-4-5-7-17(16)24/h4-7,10,14-15,33H,8-9,11-13H2,1-3H3. The first-order chi connectivity index (χ1) is 15.2. The molecule has 0 spiro atoms. The van der Waals surface area contributed by atoms with Gasteiger partial charge in [-0.1, -0.05) is 32.9 Å². The third-order valence-corrected chi connectivity index (χ3v) is 6.37. The Labute approximate surface area is 188 Å². The van der Waals surface area contributed by atoms with Crippen LogP contribution in [0.25, 0.3) is 11.3 Å². The Morgan fingerprint density at radius 3 is 2.52 bits per heavy atom. The second kappa shape index (κ2) is 8.89. The Bertz CT molecular complexity index is 1080. The quantitative estimate of drug-likeness (QED) is 0.679. The van der Waals surface area contributed by atoms with Gasteiger partial charge in [-0.05, 0) is 18.6 Å². The summed E-state index contributed by atoms with van der Waals surface area (Å²) in [5.41, 5.74) is -2.46.